The van der Waals surface area contributed by atoms with Gasteiger partial charge in [0.2, 0.25) is 0 Å². The van der Waals surface area contributed by atoms with Crippen LogP contribution in [0.1, 0.15) is 37.7 Å². The van der Waals surface area contributed by atoms with Gasteiger partial charge in [0.15, 0.2) is 0 Å². The highest BCUT2D eigenvalue weighted by atomic mass is 16.5. The molecule has 1 fully saturated rings. The summed E-state index contributed by atoms with van der Waals surface area (Å²) >= 11 is 0. The van der Waals surface area contributed by atoms with E-state index in [4.69, 9.17) is 4.74 Å². The second-order valence-electron chi connectivity index (χ2n) is 7.13. The molecule has 3 rings (SSSR count). The quantitative estimate of drug-likeness (QED) is 0.885. The van der Waals surface area contributed by atoms with Crippen molar-refractivity contribution in [1.82, 2.24) is 14.5 Å². The second kappa shape index (κ2) is 6.95. The molecule has 24 heavy (non-hydrogen) atoms. The molecule has 1 saturated heterocycles. The van der Waals surface area contributed by atoms with Crippen LogP contribution in [0.2, 0.25) is 0 Å². The largest absolute Gasteiger partial charge is 0.491 e. The van der Waals surface area contributed by atoms with Gasteiger partial charge >= 0.3 is 0 Å². The number of aliphatic hydroxyl groups is 1. The van der Waals surface area contributed by atoms with Crippen molar-refractivity contribution in [2.45, 2.75) is 45.4 Å². The van der Waals surface area contributed by atoms with Crippen LogP contribution in [0.5, 0.6) is 5.75 Å². The fourth-order valence-corrected chi connectivity index (χ4v) is 3.18. The summed E-state index contributed by atoms with van der Waals surface area (Å²) in [6.45, 7) is 8.92. The van der Waals surface area contributed by atoms with Crippen LogP contribution in [0.15, 0.2) is 36.7 Å². The number of rotatable bonds is 6. The number of nitrogens with zero attached hydrogens (tertiary/aromatic N) is 3. The molecule has 5 heteroatoms. The minimum absolute atomic E-state index is 0.325. The molecule has 0 saturated carbocycles. The molecule has 0 unspecified atom stereocenters. The molecule has 0 aliphatic carbocycles. The third kappa shape index (κ3) is 3.97. The van der Waals surface area contributed by atoms with Crippen molar-refractivity contribution in [2.75, 3.05) is 19.7 Å². The number of hydrogen-bond acceptors (Lipinski definition) is 4. The van der Waals surface area contributed by atoms with E-state index < -0.39 is 5.60 Å². The van der Waals surface area contributed by atoms with Crippen molar-refractivity contribution in [3.63, 3.8) is 0 Å². The number of benzene rings is 1. The Morgan fingerprint density at radius 3 is 2.75 bits per heavy atom. The minimum atomic E-state index is -0.792. The van der Waals surface area contributed by atoms with Gasteiger partial charge in [-0.05, 0) is 39.3 Å². The molecule has 1 aliphatic heterocycles. The molecule has 2 aromatic rings. The molecular formula is C19H27N3O2. The summed E-state index contributed by atoms with van der Waals surface area (Å²) in [5, 5.41) is 10.8. The molecule has 1 aromatic heterocycles. The Hall–Kier alpha value is -1.85. The van der Waals surface area contributed by atoms with E-state index in [9.17, 15) is 5.11 Å². The average molecular weight is 329 g/mol. The third-order valence-electron chi connectivity index (χ3n) is 4.61. The van der Waals surface area contributed by atoms with E-state index in [1.165, 1.54) is 5.56 Å². The van der Waals surface area contributed by atoms with E-state index in [2.05, 4.69) is 28.3 Å². The number of hydrogen-bond donors (Lipinski definition) is 1. The van der Waals surface area contributed by atoms with Crippen LogP contribution in [0.25, 0.3) is 0 Å². The number of aromatic nitrogens is 2. The van der Waals surface area contributed by atoms with Gasteiger partial charge in [0, 0.05) is 31.5 Å². The number of imidazole rings is 1. The number of likely N-dealkylation sites (tertiary alicyclic amines) is 1. The van der Waals surface area contributed by atoms with Crippen LogP contribution < -0.4 is 4.74 Å². The molecule has 1 atom stereocenters. The molecule has 1 aromatic carbocycles. The van der Waals surface area contributed by atoms with Crippen molar-refractivity contribution in [1.29, 1.82) is 0 Å². The zero-order chi connectivity index (χ0) is 17.2. The van der Waals surface area contributed by atoms with Crippen molar-refractivity contribution < 1.29 is 9.84 Å². The summed E-state index contributed by atoms with van der Waals surface area (Å²) < 4.78 is 7.98. The first kappa shape index (κ1) is 17.0. The lowest BCUT2D eigenvalue weighted by molar-refractivity contribution is 0.00313. The van der Waals surface area contributed by atoms with Crippen molar-refractivity contribution in [3.05, 3.63) is 48.0 Å². The Morgan fingerprint density at radius 2 is 2.04 bits per heavy atom. The molecule has 0 amide bonds. The predicted molar refractivity (Wildman–Crippen MR) is 94.1 cm³/mol. The molecule has 5 nitrogen and oxygen atoms in total. The number of ether oxygens (including phenoxy) is 1. The highest BCUT2D eigenvalue weighted by molar-refractivity contribution is 5.26. The van der Waals surface area contributed by atoms with Gasteiger partial charge in [0.05, 0.1) is 6.54 Å². The van der Waals surface area contributed by atoms with Crippen LogP contribution in [0.4, 0.5) is 0 Å². The van der Waals surface area contributed by atoms with Gasteiger partial charge in [-0.2, -0.15) is 0 Å². The van der Waals surface area contributed by atoms with E-state index in [0.717, 1.165) is 31.1 Å². The molecule has 2 heterocycles. The standard InChI is InChI=1S/C19H27N3O2/c1-15(2)22-11-9-20-18(22)12-21-10-8-19(23,13-21)14-24-17-6-4-16(3)5-7-17/h4-7,9,11,15,23H,8,10,12-14H2,1-3H3/t19-/m1/s1. The SMILES string of the molecule is Cc1ccc(OC[C@@]2(O)CCN(Cc3nccn3C(C)C)C2)cc1. The molecular weight excluding hydrogens is 302 g/mol. The first-order valence-corrected chi connectivity index (χ1v) is 8.61. The van der Waals surface area contributed by atoms with Gasteiger partial charge in [-0.25, -0.2) is 4.98 Å². The predicted octanol–water partition coefficient (Wildman–Crippen LogP) is 2.79. The summed E-state index contributed by atoms with van der Waals surface area (Å²) in [7, 11) is 0. The number of β-amino-alcohol motifs (C(OH)–C–C–N with tert-alkyl or cyclic N) is 1. The average Bonchev–Trinajstić information content (AvgIpc) is 3.15. The summed E-state index contributed by atoms with van der Waals surface area (Å²) in [6, 6.07) is 8.34. The zero-order valence-electron chi connectivity index (χ0n) is 14.8. The Bertz CT molecular complexity index is 666. The van der Waals surface area contributed by atoms with Crippen molar-refractivity contribution in [3.8, 4) is 5.75 Å². The summed E-state index contributed by atoms with van der Waals surface area (Å²) in [4.78, 5) is 6.71. The molecule has 0 spiro atoms. The van der Waals surface area contributed by atoms with Crippen molar-refractivity contribution >= 4 is 0 Å². The van der Waals surface area contributed by atoms with Gasteiger partial charge in [-0.1, -0.05) is 17.7 Å². The summed E-state index contributed by atoms with van der Waals surface area (Å²) in [5.41, 5.74) is 0.411. The second-order valence-corrected chi connectivity index (χ2v) is 7.13. The van der Waals surface area contributed by atoms with E-state index in [1.807, 2.05) is 43.6 Å². The third-order valence-corrected chi connectivity index (χ3v) is 4.61. The maximum absolute atomic E-state index is 10.8. The van der Waals surface area contributed by atoms with Crippen molar-refractivity contribution in [2.24, 2.45) is 0 Å². The van der Waals surface area contributed by atoms with Crippen LogP contribution in [-0.4, -0.2) is 44.9 Å². The normalized spacial score (nSPS) is 21.5. The fraction of sp³-hybridized carbons (Fsp3) is 0.526. The van der Waals surface area contributed by atoms with Gasteiger partial charge in [-0.3, -0.25) is 4.90 Å². The lowest BCUT2D eigenvalue weighted by Crippen LogP contribution is -2.39. The van der Waals surface area contributed by atoms with E-state index in [-0.39, 0.29) is 0 Å². The molecule has 1 aliphatic rings. The van der Waals surface area contributed by atoms with Crippen LogP contribution in [-0.2, 0) is 6.54 Å². The zero-order valence-corrected chi connectivity index (χ0v) is 14.8. The lowest BCUT2D eigenvalue weighted by atomic mass is 10.1. The van der Waals surface area contributed by atoms with E-state index in [1.54, 1.807) is 0 Å². The number of aryl methyl sites for hydroxylation is 1. The van der Waals surface area contributed by atoms with Crippen LogP contribution in [0, 0.1) is 6.92 Å². The first-order chi connectivity index (χ1) is 11.5. The summed E-state index contributed by atoms with van der Waals surface area (Å²) in [6.07, 6.45) is 4.59. The highest BCUT2D eigenvalue weighted by Gasteiger charge is 2.37. The molecule has 0 bridgehead atoms. The fourth-order valence-electron chi connectivity index (χ4n) is 3.18. The van der Waals surface area contributed by atoms with Gasteiger partial charge in [0.1, 0.15) is 23.8 Å². The van der Waals surface area contributed by atoms with Gasteiger partial charge < -0.3 is 14.4 Å². The maximum Gasteiger partial charge on any atom is 0.123 e. The Balaban J connectivity index is 1.55. The van der Waals surface area contributed by atoms with E-state index >= 15 is 0 Å². The Kier molecular flexibility index (Phi) is 4.92. The molecule has 130 valence electrons. The summed E-state index contributed by atoms with van der Waals surface area (Å²) in [5.74, 6) is 1.86. The van der Waals surface area contributed by atoms with E-state index in [0.29, 0.717) is 19.2 Å². The smallest absolute Gasteiger partial charge is 0.123 e. The van der Waals surface area contributed by atoms with Crippen LogP contribution >= 0.6 is 0 Å². The molecule has 0 radical (unpaired) electrons. The van der Waals surface area contributed by atoms with Gasteiger partial charge in [0.25, 0.3) is 0 Å². The lowest BCUT2D eigenvalue weighted by Gasteiger charge is -2.24. The monoisotopic (exact) mass is 329 g/mol. The maximum atomic E-state index is 10.8. The Morgan fingerprint density at radius 1 is 1.29 bits per heavy atom. The Labute approximate surface area is 143 Å². The van der Waals surface area contributed by atoms with Crippen LogP contribution in [0.3, 0.4) is 0 Å². The first-order valence-electron chi connectivity index (χ1n) is 8.61. The topological polar surface area (TPSA) is 50.5 Å². The minimum Gasteiger partial charge on any atom is -0.491 e. The molecule has 1 N–H and O–H groups in total. The van der Waals surface area contributed by atoms with Gasteiger partial charge in [-0.15, -0.1) is 0 Å². The highest BCUT2D eigenvalue weighted by Crippen LogP contribution is 2.25.